The smallest absolute Gasteiger partial charge is 0.225 e. The summed E-state index contributed by atoms with van der Waals surface area (Å²) in [6.07, 6.45) is 12.0. The van der Waals surface area contributed by atoms with Gasteiger partial charge in [-0.15, -0.1) is 0 Å². The third kappa shape index (κ3) is 5.64. The van der Waals surface area contributed by atoms with Crippen LogP contribution in [0.5, 0.6) is 0 Å². The molecule has 39 heavy (non-hydrogen) atoms. The van der Waals surface area contributed by atoms with Gasteiger partial charge in [-0.3, -0.25) is 9.47 Å². The number of rotatable bonds is 11. The van der Waals surface area contributed by atoms with Crippen LogP contribution < -0.4 is 10.2 Å². The average molecular weight is 522 g/mol. The number of aromatic nitrogens is 4. The Hall–Kier alpha value is -3.45. The molecule has 0 radical (unpaired) electrons. The second kappa shape index (κ2) is 10.6. The van der Waals surface area contributed by atoms with Crippen molar-refractivity contribution in [2.24, 2.45) is 11.8 Å². The Morgan fingerprint density at radius 3 is 2.62 bits per heavy atom. The van der Waals surface area contributed by atoms with E-state index in [1.807, 2.05) is 24.7 Å². The molecule has 0 bridgehead atoms. The van der Waals surface area contributed by atoms with E-state index in [-0.39, 0.29) is 6.04 Å². The maximum Gasteiger partial charge on any atom is 0.225 e. The molecule has 202 valence electrons. The zero-order valence-electron chi connectivity index (χ0n) is 22.9. The molecule has 1 aliphatic heterocycles. The second-order valence-corrected chi connectivity index (χ2v) is 11.9. The number of nitrogens with one attached hydrogen (secondary N) is 1. The van der Waals surface area contributed by atoms with Crippen molar-refractivity contribution in [1.29, 1.82) is 0 Å². The van der Waals surface area contributed by atoms with Gasteiger partial charge in [-0.05, 0) is 93.7 Å². The van der Waals surface area contributed by atoms with Gasteiger partial charge in [-0.25, -0.2) is 9.97 Å². The van der Waals surface area contributed by atoms with E-state index in [9.17, 15) is 0 Å². The molecule has 2 aromatic carbocycles. The molecule has 2 atom stereocenters. The molecule has 2 aliphatic carbocycles. The van der Waals surface area contributed by atoms with Crippen molar-refractivity contribution in [1.82, 2.24) is 24.4 Å². The first-order chi connectivity index (χ1) is 19.2. The SMILES string of the molecule is C[C@H](Nc1nccc(-n2cnc3cc(N(CC4CC4)CC4CCCN4CC4CC4)ccc32)n1)c1ccccc1. The second-order valence-electron chi connectivity index (χ2n) is 11.9. The van der Waals surface area contributed by atoms with Crippen LogP contribution in [0.2, 0.25) is 0 Å². The molecule has 7 heteroatoms. The van der Waals surface area contributed by atoms with Crippen LogP contribution in [0.25, 0.3) is 16.9 Å². The van der Waals surface area contributed by atoms with E-state index in [2.05, 4.69) is 74.1 Å². The molecular formula is C32H39N7. The van der Waals surface area contributed by atoms with Crippen LogP contribution in [0.15, 0.2) is 67.1 Å². The molecule has 1 unspecified atom stereocenters. The monoisotopic (exact) mass is 521 g/mol. The normalized spacial score (nSPS) is 20.4. The lowest BCUT2D eigenvalue weighted by atomic mass is 10.1. The molecule has 3 fully saturated rings. The lowest BCUT2D eigenvalue weighted by Gasteiger charge is -2.32. The molecule has 1 N–H and O–H groups in total. The molecule has 2 saturated carbocycles. The lowest BCUT2D eigenvalue weighted by Crippen LogP contribution is -2.42. The minimum atomic E-state index is 0.112. The summed E-state index contributed by atoms with van der Waals surface area (Å²) in [6.45, 7) is 7.02. The molecule has 7 nitrogen and oxygen atoms in total. The van der Waals surface area contributed by atoms with Gasteiger partial charge < -0.3 is 10.2 Å². The van der Waals surface area contributed by atoms with Crippen LogP contribution in [0.1, 0.15) is 57.1 Å². The minimum Gasteiger partial charge on any atom is -0.370 e. The Balaban J connectivity index is 1.11. The first kappa shape index (κ1) is 24.6. The first-order valence-corrected chi connectivity index (χ1v) is 14.8. The topological polar surface area (TPSA) is 62.1 Å². The molecule has 3 aliphatic rings. The Bertz CT molecular complexity index is 1410. The number of likely N-dealkylation sites (tertiary alicyclic amines) is 1. The van der Waals surface area contributed by atoms with Crippen molar-refractivity contribution < 1.29 is 0 Å². The maximum absolute atomic E-state index is 4.83. The highest BCUT2D eigenvalue weighted by atomic mass is 15.2. The summed E-state index contributed by atoms with van der Waals surface area (Å²) in [5.74, 6) is 3.24. The summed E-state index contributed by atoms with van der Waals surface area (Å²) in [7, 11) is 0. The number of nitrogens with zero attached hydrogens (tertiary/aromatic N) is 6. The third-order valence-electron chi connectivity index (χ3n) is 8.72. The van der Waals surface area contributed by atoms with Crippen molar-refractivity contribution in [2.45, 2.75) is 57.5 Å². The van der Waals surface area contributed by atoms with E-state index < -0.39 is 0 Å². The Morgan fingerprint density at radius 2 is 1.79 bits per heavy atom. The summed E-state index contributed by atoms with van der Waals surface area (Å²) in [4.78, 5) is 19.6. The fourth-order valence-electron chi connectivity index (χ4n) is 6.08. The van der Waals surface area contributed by atoms with Gasteiger partial charge in [-0.2, -0.15) is 4.98 Å². The highest BCUT2D eigenvalue weighted by Gasteiger charge is 2.33. The van der Waals surface area contributed by atoms with E-state index in [0.29, 0.717) is 12.0 Å². The Labute approximate surface area is 231 Å². The zero-order valence-corrected chi connectivity index (χ0v) is 22.9. The van der Waals surface area contributed by atoms with Gasteiger partial charge in [0, 0.05) is 37.6 Å². The molecule has 7 rings (SSSR count). The molecule has 4 aromatic rings. The maximum atomic E-state index is 4.83. The van der Waals surface area contributed by atoms with Crippen molar-refractivity contribution in [3.63, 3.8) is 0 Å². The summed E-state index contributed by atoms with van der Waals surface area (Å²) >= 11 is 0. The van der Waals surface area contributed by atoms with Gasteiger partial charge in [-0.1, -0.05) is 30.3 Å². The zero-order chi connectivity index (χ0) is 26.2. The predicted molar refractivity (Wildman–Crippen MR) is 157 cm³/mol. The molecule has 0 amide bonds. The van der Waals surface area contributed by atoms with Crippen molar-refractivity contribution >= 4 is 22.7 Å². The number of benzene rings is 2. The van der Waals surface area contributed by atoms with Crippen LogP contribution in [0.3, 0.4) is 0 Å². The van der Waals surface area contributed by atoms with Crippen molar-refractivity contribution in [3.8, 4) is 5.82 Å². The Kier molecular flexibility index (Phi) is 6.69. The van der Waals surface area contributed by atoms with Crippen LogP contribution in [0.4, 0.5) is 11.6 Å². The number of fused-ring (bicyclic) bond motifs is 1. The highest BCUT2D eigenvalue weighted by Crippen LogP contribution is 2.35. The fourth-order valence-corrected chi connectivity index (χ4v) is 6.08. The van der Waals surface area contributed by atoms with Crippen LogP contribution >= 0.6 is 0 Å². The standard InChI is InChI=1S/C32H39N7/c1-23(26-6-3-2-4-7-26)35-32-33-16-15-31(36-32)39-22-34-29-18-27(13-14-30(29)39)38(20-25-11-12-25)21-28-8-5-17-37(28)19-24-9-10-24/h2-4,6-7,13-16,18,22-25,28H,5,8-12,17,19-21H2,1H3,(H,33,35,36)/t23-,28?/m0/s1. The van der Waals surface area contributed by atoms with E-state index in [4.69, 9.17) is 9.97 Å². The first-order valence-electron chi connectivity index (χ1n) is 14.8. The fraction of sp³-hybridized carbons (Fsp3) is 0.469. The van der Waals surface area contributed by atoms with Crippen LogP contribution in [0, 0.1) is 11.8 Å². The number of hydrogen-bond acceptors (Lipinski definition) is 6. The van der Waals surface area contributed by atoms with Gasteiger partial charge in [0.25, 0.3) is 0 Å². The number of anilines is 2. The van der Waals surface area contributed by atoms with E-state index in [1.165, 1.54) is 69.4 Å². The van der Waals surface area contributed by atoms with Gasteiger partial charge in [0.15, 0.2) is 0 Å². The molecule has 0 spiro atoms. The van der Waals surface area contributed by atoms with E-state index >= 15 is 0 Å². The summed E-state index contributed by atoms with van der Waals surface area (Å²) in [5, 5.41) is 3.44. The number of imidazole rings is 1. The van der Waals surface area contributed by atoms with Crippen molar-refractivity contribution in [2.75, 3.05) is 36.4 Å². The molecule has 3 heterocycles. The minimum absolute atomic E-state index is 0.112. The molecule has 1 saturated heterocycles. The van der Waals surface area contributed by atoms with Gasteiger partial charge in [0.2, 0.25) is 5.95 Å². The van der Waals surface area contributed by atoms with Gasteiger partial charge >= 0.3 is 0 Å². The van der Waals surface area contributed by atoms with Crippen LogP contribution in [-0.2, 0) is 0 Å². The van der Waals surface area contributed by atoms with E-state index in [1.54, 1.807) is 0 Å². The quantitative estimate of drug-likeness (QED) is 0.258. The predicted octanol–water partition coefficient (Wildman–Crippen LogP) is 6.08. The Morgan fingerprint density at radius 1 is 0.949 bits per heavy atom. The molecule has 2 aromatic heterocycles. The third-order valence-corrected chi connectivity index (χ3v) is 8.72. The average Bonchev–Trinajstić information content (AvgIpc) is 3.88. The largest absolute Gasteiger partial charge is 0.370 e. The highest BCUT2D eigenvalue weighted by molar-refractivity contribution is 5.81. The van der Waals surface area contributed by atoms with Gasteiger partial charge in [0.05, 0.1) is 17.1 Å². The van der Waals surface area contributed by atoms with Gasteiger partial charge in [0.1, 0.15) is 12.1 Å². The molecular weight excluding hydrogens is 482 g/mol. The van der Waals surface area contributed by atoms with Crippen LogP contribution in [-0.4, -0.2) is 56.6 Å². The summed E-state index contributed by atoms with van der Waals surface area (Å²) in [6, 6.07) is 19.9. The van der Waals surface area contributed by atoms with Crippen molar-refractivity contribution in [3.05, 3.63) is 72.7 Å². The summed E-state index contributed by atoms with van der Waals surface area (Å²) < 4.78 is 2.07. The summed E-state index contributed by atoms with van der Waals surface area (Å²) in [5.41, 5.74) is 4.60. The number of hydrogen-bond donors (Lipinski definition) is 1. The van der Waals surface area contributed by atoms with E-state index in [0.717, 1.165) is 35.2 Å². The lowest BCUT2D eigenvalue weighted by molar-refractivity contribution is 0.245.